The Kier molecular flexibility index (Phi) is 53.5. The molecule has 326 valence electrons. The van der Waals surface area contributed by atoms with Crippen LogP contribution in [0.3, 0.4) is 0 Å². The first-order chi connectivity index (χ1) is 28.2. The SMILES string of the molecule is COC(=[NH2+])CCSSCCC(=[NH2+])CO.CSCC[NH+]=C(N)CCSSCCC(N)=[NH+]CCSC1CCC1C.NCCSC1CCC1SCCN.O.[2H][3H].[2H][3H].[B]P.[B]P. The van der Waals surface area contributed by atoms with Gasteiger partial charge in [0.25, 0.3) is 0 Å². The molecule has 0 aliphatic heterocycles. The predicted octanol–water partition coefficient (Wildman–Crippen LogP) is -1.48. The summed E-state index contributed by atoms with van der Waals surface area (Å²) in [5.41, 5.74) is 23.5. The summed E-state index contributed by atoms with van der Waals surface area (Å²) in [6.07, 6.45) is 11.1. The minimum atomic E-state index is -0.0182. The summed E-state index contributed by atoms with van der Waals surface area (Å²) in [5.74, 6) is 11.8. The smallest absolute Gasteiger partial charge is 0.333 e. The quantitative estimate of drug-likeness (QED) is 0.0109. The third-order valence-electron chi connectivity index (χ3n) is 7.52. The average molecular weight is 971 g/mol. The van der Waals surface area contributed by atoms with Crippen molar-refractivity contribution in [1.29, 1.82) is 0 Å². The number of hydrogen-bond acceptors (Lipinski definition) is 12. The van der Waals surface area contributed by atoms with Crippen LogP contribution in [0.4, 0.5) is 0 Å². The summed E-state index contributed by atoms with van der Waals surface area (Å²) >= 11 is 8.00. The molecule has 0 heterocycles. The van der Waals surface area contributed by atoms with E-state index in [9.17, 15) is 0 Å². The van der Waals surface area contributed by atoms with Gasteiger partial charge in [-0.3, -0.25) is 26.9 Å². The van der Waals surface area contributed by atoms with E-state index in [1.54, 1.807) is 28.7 Å². The molecule has 2 fully saturated rings. The molecule has 0 amide bonds. The van der Waals surface area contributed by atoms with E-state index in [0.717, 1.165) is 131 Å². The van der Waals surface area contributed by atoms with Crippen molar-refractivity contribution >= 4 is 147 Å². The number of nitrogens with two attached hydrogens (primary N) is 6. The van der Waals surface area contributed by atoms with Crippen LogP contribution >= 0.6 is 108 Å². The van der Waals surface area contributed by atoms with E-state index in [0.29, 0.717) is 11.6 Å². The molecule has 0 aromatic rings. The van der Waals surface area contributed by atoms with Crippen molar-refractivity contribution in [3.8, 4) is 0 Å². The number of hydrogen-bond donors (Lipinski definition) is 9. The van der Waals surface area contributed by atoms with E-state index in [1.807, 2.05) is 75.1 Å². The van der Waals surface area contributed by atoms with Crippen molar-refractivity contribution in [2.24, 2.45) is 28.9 Å². The van der Waals surface area contributed by atoms with Gasteiger partial charge in [-0.05, 0) is 37.9 Å². The number of rotatable bonds is 28. The number of nitrogens with one attached hydrogen (secondary N) is 2. The second-order valence-corrected chi connectivity index (χ2v) is 22.0. The zero-order chi connectivity index (χ0) is 45.2. The van der Waals surface area contributed by atoms with Crippen molar-refractivity contribution in [1.82, 2.24) is 0 Å². The Morgan fingerprint density at radius 1 is 0.745 bits per heavy atom. The number of aliphatic hydroxyl groups excluding tert-OH is 1. The predicted molar refractivity (Wildman–Crippen MR) is 278 cm³/mol. The fourth-order valence-electron chi connectivity index (χ4n) is 4.09. The maximum absolute atomic E-state index is 8.63. The van der Waals surface area contributed by atoms with Crippen molar-refractivity contribution in [3.63, 3.8) is 0 Å². The fraction of sp³-hybridized carbons (Fsp3) is 0.875. The Balaban J connectivity index is -0.000000172. The van der Waals surface area contributed by atoms with Crippen LogP contribution in [0.15, 0.2) is 0 Å². The first-order valence-corrected chi connectivity index (χ1v) is 29.0. The van der Waals surface area contributed by atoms with Crippen molar-refractivity contribution in [2.45, 2.75) is 74.0 Å². The van der Waals surface area contributed by atoms with Gasteiger partial charge in [-0.15, -0.1) is 0 Å². The van der Waals surface area contributed by atoms with Crippen molar-refractivity contribution in [2.75, 3.05) is 92.2 Å². The lowest BCUT2D eigenvalue weighted by atomic mass is 9.87. The third kappa shape index (κ3) is 42.2. The summed E-state index contributed by atoms with van der Waals surface area (Å²) < 4.78 is 24.8. The van der Waals surface area contributed by atoms with Gasteiger partial charge in [-0.2, -0.15) is 65.3 Å². The third-order valence-corrected chi connectivity index (χ3v) is 17.6. The number of aliphatic hydroxyl groups is 1. The second kappa shape index (κ2) is 50.1. The lowest BCUT2D eigenvalue weighted by Gasteiger charge is -2.35. The highest BCUT2D eigenvalue weighted by Crippen LogP contribution is 2.39. The summed E-state index contributed by atoms with van der Waals surface area (Å²) in [4.78, 5) is 6.61. The van der Waals surface area contributed by atoms with Crippen molar-refractivity contribution in [3.05, 3.63) is 0 Å². The van der Waals surface area contributed by atoms with Gasteiger partial charge < -0.3 is 26.8 Å². The highest BCUT2D eigenvalue weighted by molar-refractivity contribution is 8.77. The van der Waals surface area contributed by atoms with Gasteiger partial charge in [0.1, 0.15) is 6.61 Å². The number of ether oxygens (including phenoxy) is 1. The van der Waals surface area contributed by atoms with Crippen LogP contribution in [0.25, 0.3) is 0 Å². The molecule has 11 nitrogen and oxygen atoms in total. The Labute approximate surface area is 381 Å². The Bertz CT molecular complexity index is 926. The van der Waals surface area contributed by atoms with Crippen LogP contribution in [0, 0.1) is 5.92 Å². The van der Waals surface area contributed by atoms with Crippen molar-refractivity contribution < 1.29 is 42.1 Å². The fourth-order valence-corrected chi connectivity index (χ4v) is 12.5. The molecule has 0 aromatic carbocycles. The van der Waals surface area contributed by atoms with Gasteiger partial charge in [0.05, 0.1) is 54.6 Å². The van der Waals surface area contributed by atoms with Crippen LogP contribution in [-0.4, -0.2) is 157 Å². The number of amidine groups is 2. The molecule has 6 unspecified atom stereocenters. The summed E-state index contributed by atoms with van der Waals surface area (Å²) in [7, 11) is 21.5. The molecule has 0 aromatic heterocycles. The molecule has 0 saturated heterocycles. The number of methoxy groups -OCH3 is 1. The Hall–Kier alpha value is 1.71. The average Bonchev–Trinajstić information content (AvgIpc) is 3.25. The first-order valence-electron chi connectivity index (χ1n) is 20.2. The molecular formula is C32H80B2N8O3P2S8+4. The van der Waals surface area contributed by atoms with Gasteiger partial charge in [-0.1, -0.05) is 50.1 Å². The Morgan fingerprint density at radius 2 is 1.16 bits per heavy atom. The monoisotopic (exact) mass is 970 g/mol. The Morgan fingerprint density at radius 3 is 1.53 bits per heavy atom. The topological polar surface area (TPSA) is 244 Å². The zero-order valence-corrected chi connectivity index (χ0v) is 42.4. The molecule has 2 aliphatic carbocycles. The molecule has 23 heteroatoms. The van der Waals surface area contributed by atoms with E-state index < -0.39 is 0 Å². The normalized spacial score (nSPS) is 18.7. The van der Waals surface area contributed by atoms with E-state index in [1.165, 1.54) is 25.7 Å². The standard InChI is InChI=1S/C16H32N4S4.C8H16N2O2S2.C8H18N2S2.2BH2P.H2O.2H2/c1-13-3-4-14(13)22-12-8-20-16(18)6-10-24-23-9-5-15(17)19-7-11-21-2;1-12-8(10)3-5-14-13-4-2-7(9)6-11;9-3-5-11-7-1-2-8(7)12-6-4-10;2*1-2;;;/h13-14H,3-12H2,1-2H3,(H2,17,19)(H2,18,20);9-11H,2-6H2,1H3;7-8H,1-6,9-10H2;2*2H2;1H2;2*1H/p+4/i;;;;;;2*1+2D. The lowest BCUT2D eigenvalue weighted by Crippen LogP contribution is -2.76. The second-order valence-electron chi connectivity index (χ2n) is 11.6. The molecule has 2 aliphatic rings. The maximum Gasteiger partial charge on any atom is 0.333 e. The minimum absolute atomic E-state index is 0. The molecule has 0 spiro atoms. The minimum Gasteiger partial charge on any atom is -0.451 e. The zero-order valence-electron chi connectivity index (χ0n) is 37.6. The van der Waals surface area contributed by atoms with Gasteiger partial charge in [0.2, 0.25) is 11.7 Å². The van der Waals surface area contributed by atoms with Crippen LogP contribution < -0.4 is 43.7 Å². The molecule has 2 rings (SSSR count). The summed E-state index contributed by atoms with van der Waals surface area (Å²) in [6, 6.07) is 0. The first kappa shape index (κ1) is 58.8. The van der Waals surface area contributed by atoms with E-state index in [4.69, 9.17) is 49.5 Å². The van der Waals surface area contributed by atoms with E-state index in [-0.39, 0.29) is 12.1 Å². The summed E-state index contributed by atoms with van der Waals surface area (Å²) in [5, 5.41) is 22.2. The highest BCUT2D eigenvalue weighted by Gasteiger charge is 2.30. The molecule has 2 saturated carbocycles. The number of thioether (sulfide) groups is 4. The van der Waals surface area contributed by atoms with Gasteiger partial charge in [-0.25, -0.2) is 5.41 Å². The molecule has 55 heavy (non-hydrogen) atoms. The molecule has 17 N–H and O–H groups in total. The van der Waals surface area contributed by atoms with Crippen LogP contribution in [-0.2, 0) is 4.74 Å². The van der Waals surface area contributed by atoms with E-state index in [2.05, 4.69) is 50.1 Å². The van der Waals surface area contributed by atoms with Gasteiger partial charge in [0, 0.05) is 87.2 Å². The van der Waals surface area contributed by atoms with Crippen LogP contribution in [0.5, 0.6) is 0 Å². The highest BCUT2D eigenvalue weighted by atomic mass is 33.1. The van der Waals surface area contributed by atoms with Gasteiger partial charge >= 0.3 is 5.90 Å². The molecule has 6 atom stereocenters. The van der Waals surface area contributed by atoms with Crippen LogP contribution in [0.2, 0.25) is 0 Å². The van der Waals surface area contributed by atoms with E-state index >= 15 is 0 Å². The van der Waals surface area contributed by atoms with Crippen LogP contribution in [0.1, 0.15) is 64.2 Å². The lowest BCUT2D eigenvalue weighted by molar-refractivity contribution is -0.453. The maximum atomic E-state index is 8.63. The van der Waals surface area contributed by atoms with Gasteiger partial charge in [0.15, 0.2) is 5.71 Å². The molecule has 4 radical (unpaired) electrons. The molecular weight excluding hydrogens is 885 g/mol. The largest absolute Gasteiger partial charge is 0.451 e. The molecule has 0 bridgehead atoms. The summed E-state index contributed by atoms with van der Waals surface area (Å²) in [6.45, 7) is 5.92.